The van der Waals surface area contributed by atoms with Crippen molar-refractivity contribution in [3.05, 3.63) is 54.1 Å². The standard InChI is InChI=1S/C19H17N3O4/c1-12-7-9-13(10-8-12)20-11-14-17(23)21-19(25)22(18(14)24)15-5-3-4-6-16(15)26-2/h3-11,14H,1-2H3,(H,21,23,25)/t14-/m0/s1. The fourth-order valence-corrected chi connectivity index (χ4v) is 2.56. The van der Waals surface area contributed by atoms with Gasteiger partial charge in [0.2, 0.25) is 5.91 Å². The second-order valence-electron chi connectivity index (χ2n) is 5.73. The average Bonchev–Trinajstić information content (AvgIpc) is 2.63. The highest BCUT2D eigenvalue weighted by Gasteiger charge is 2.41. The number of hydrogen-bond acceptors (Lipinski definition) is 5. The van der Waals surface area contributed by atoms with Gasteiger partial charge in [-0.25, -0.2) is 9.69 Å². The van der Waals surface area contributed by atoms with Crippen LogP contribution in [0.1, 0.15) is 5.56 Å². The zero-order chi connectivity index (χ0) is 18.7. The molecule has 1 fully saturated rings. The Hall–Kier alpha value is -3.48. The van der Waals surface area contributed by atoms with Gasteiger partial charge in [0.1, 0.15) is 5.75 Å². The maximum atomic E-state index is 12.8. The lowest BCUT2D eigenvalue weighted by molar-refractivity contribution is -0.131. The maximum Gasteiger partial charge on any atom is 0.335 e. The van der Waals surface area contributed by atoms with E-state index >= 15 is 0 Å². The van der Waals surface area contributed by atoms with Crippen LogP contribution in [0.25, 0.3) is 0 Å². The first-order valence-electron chi connectivity index (χ1n) is 7.94. The highest BCUT2D eigenvalue weighted by molar-refractivity contribution is 6.33. The summed E-state index contributed by atoms with van der Waals surface area (Å²) < 4.78 is 5.21. The van der Waals surface area contributed by atoms with Crippen LogP contribution in [0.3, 0.4) is 0 Å². The molecule has 0 aromatic heterocycles. The molecule has 4 amide bonds. The first-order chi connectivity index (χ1) is 12.5. The monoisotopic (exact) mass is 351 g/mol. The number of carbonyl (C=O) groups excluding carboxylic acids is 3. The Morgan fingerprint density at radius 2 is 1.77 bits per heavy atom. The predicted molar refractivity (Wildman–Crippen MR) is 96.8 cm³/mol. The molecule has 7 nitrogen and oxygen atoms in total. The fraction of sp³-hybridized carbons (Fsp3) is 0.158. The molecule has 1 heterocycles. The zero-order valence-electron chi connectivity index (χ0n) is 14.3. The smallest absolute Gasteiger partial charge is 0.335 e. The highest BCUT2D eigenvalue weighted by atomic mass is 16.5. The number of ether oxygens (including phenoxy) is 1. The summed E-state index contributed by atoms with van der Waals surface area (Å²) in [6.45, 7) is 1.95. The van der Waals surface area contributed by atoms with Gasteiger partial charge in [-0.05, 0) is 31.2 Å². The summed E-state index contributed by atoms with van der Waals surface area (Å²) in [6.07, 6.45) is 1.25. The number of nitrogens with zero attached hydrogens (tertiary/aromatic N) is 2. The van der Waals surface area contributed by atoms with E-state index in [0.29, 0.717) is 11.4 Å². The summed E-state index contributed by atoms with van der Waals surface area (Å²) in [4.78, 5) is 42.2. The number of amides is 4. The van der Waals surface area contributed by atoms with Crippen molar-refractivity contribution in [3.8, 4) is 5.75 Å². The summed E-state index contributed by atoms with van der Waals surface area (Å²) in [5.41, 5.74) is 1.94. The number of hydrogen-bond donors (Lipinski definition) is 1. The van der Waals surface area contributed by atoms with Gasteiger partial charge >= 0.3 is 6.03 Å². The summed E-state index contributed by atoms with van der Waals surface area (Å²) in [5, 5.41) is 2.19. The van der Waals surface area contributed by atoms with Gasteiger partial charge in [0.25, 0.3) is 5.91 Å². The number of aliphatic imine (C=N–C) groups is 1. The molecule has 132 valence electrons. The van der Waals surface area contributed by atoms with Gasteiger partial charge in [-0.3, -0.25) is 19.9 Å². The molecule has 0 saturated carbocycles. The van der Waals surface area contributed by atoms with E-state index in [2.05, 4.69) is 10.3 Å². The molecule has 0 aliphatic carbocycles. The van der Waals surface area contributed by atoms with Crippen molar-refractivity contribution in [2.45, 2.75) is 6.92 Å². The van der Waals surface area contributed by atoms with E-state index in [0.717, 1.165) is 10.5 Å². The van der Waals surface area contributed by atoms with Crippen molar-refractivity contribution in [1.29, 1.82) is 0 Å². The molecule has 1 aliphatic heterocycles. The Bertz CT molecular complexity index is 890. The minimum atomic E-state index is -1.21. The molecule has 2 aromatic carbocycles. The van der Waals surface area contributed by atoms with Crippen LogP contribution in [0.2, 0.25) is 0 Å². The van der Waals surface area contributed by atoms with E-state index in [4.69, 9.17) is 4.74 Å². The van der Waals surface area contributed by atoms with Crippen LogP contribution in [0, 0.1) is 12.8 Å². The van der Waals surface area contributed by atoms with Crippen LogP contribution < -0.4 is 15.0 Å². The van der Waals surface area contributed by atoms with E-state index in [1.165, 1.54) is 13.3 Å². The lowest BCUT2D eigenvalue weighted by Crippen LogP contribution is -2.58. The zero-order valence-corrected chi connectivity index (χ0v) is 14.3. The molecule has 26 heavy (non-hydrogen) atoms. The van der Waals surface area contributed by atoms with Crippen LogP contribution in [0.4, 0.5) is 16.2 Å². The Balaban J connectivity index is 1.91. The van der Waals surface area contributed by atoms with E-state index in [-0.39, 0.29) is 5.69 Å². The van der Waals surface area contributed by atoms with Crippen molar-refractivity contribution in [1.82, 2.24) is 5.32 Å². The van der Waals surface area contributed by atoms with Crippen LogP contribution in [0.5, 0.6) is 5.75 Å². The fourth-order valence-electron chi connectivity index (χ4n) is 2.56. The number of imide groups is 2. The molecular weight excluding hydrogens is 334 g/mol. The second kappa shape index (κ2) is 7.18. The van der Waals surface area contributed by atoms with E-state index < -0.39 is 23.8 Å². The predicted octanol–water partition coefficient (Wildman–Crippen LogP) is 2.61. The normalized spacial score (nSPS) is 17.5. The minimum absolute atomic E-state index is 0.263. The Labute approximate surface area is 150 Å². The van der Waals surface area contributed by atoms with Crippen molar-refractivity contribution in [2.75, 3.05) is 12.0 Å². The average molecular weight is 351 g/mol. The molecule has 7 heteroatoms. The first-order valence-corrected chi connectivity index (χ1v) is 7.94. The number of urea groups is 1. The van der Waals surface area contributed by atoms with E-state index in [9.17, 15) is 14.4 Å². The Morgan fingerprint density at radius 1 is 1.08 bits per heavy atom. The van der Waals surface area contributed by atoms with E-state index in [1.54, 1.807) is 36.4 Å². The Morgan fingerprint density at radius 3 is 2.46 bits per heavy atom. The molecule has 0 unspecified atom stereocenters. The molecule has 1 N–H and O–H groups in total. The number of barbiturate groups is 1. The Kier molecular flexibility index (Phi) is 4.79. The molecule has 1 saturated heterocycles. The van der Waals surface area contributed by atoms with Gasteiger partial charge in [0, 0.05) is 6.21 Å². The van der Waals surface area contributed by atoms with Crippen molar-refractivity contribution < 1.29 is 19.1 Å². The van der Waals surface area contributed by atoms with Gasteiger partial charge < -0.3 is 4.74 Å². The van der Waals surface area contributed by atoms with Gasteiger partial charge in [-0.1, -0.05) is 29.8 Å². The number of nitrogens with one attached hydrogen (secondary N) is 1. The summed E-state index contributed by atoms with van der Waals surface area (Å²) in [7, 11) is 1.44. The number of carbonyl (C=O) groups is 3. The van der Waals surface area contributed by atoms with Crippen molar-refractivity contribution >= 4 is 35.4 Å². The third-order valence-electron chi connectivity index (χ3n) is 3.93. The number of benzene rings is 2. The summed E-state index contributed by atoms with van der Waals surface area (Å²) >= 11 is 0. The number of rotatable bonds is 4. The van der Waals surface area contributed by atoms with Crippen molar-refractivity contribution in [3.63, 3.8) is 0 Å². The SMILES string of the molecule is COc1ccccc1N1C(=O)NC(=O)[C@H](C=Nc2ccc(C)cc2)C1=O. The lowest BCUT2D eigenvalue weighted by Gasteiger charge is -2.29. The number of para-hydroxylation sites is 2. The first kappa shape index (κ1) is 17.3. The third kappa shape index (κ3) is 3.32. The molecule has 0 bridgehead atoms. The number of aryl methyl sites for hydroxylation is 1. The van der Waals surface area contributed by atoms with Gasteiger partial charge in [0.05, 0.1) is 18.5 Å². The lowest BCUT2D eigenvalue weighted by atomic mass is 10.1. The molecule has 1 aliphatic rings. The van der Waals surface area contributed by atoms with Gasteiger partial charge in [-0.15, -0.1) is 0 Å². The van der Waals surface area contributed by atoms with Crippen LogP contribution >= 0.6 is 0 Å². The van der Waals surface area contributed by atoms with Crippen LogP contribution in [-0.4, -0.2) is 31.2 Å². The maximum absolute atomic E-state index is 12.8. The summed E-state index contributed by atoms with van der Waals surface area (Å²) in [6, 6.07) is 13.1. The summed E-state index contributed by atoms with van der Waals surface area (Å²) in [5.74, 6) is -2.25. The van der Waals surface area contributed by atoms with Crippen molar-refractivity contribution in [2.24, 2.45) is 10.9 Å². The molecule has 0 radical (unpaired) electrons. The minimum Gasteiger partial charge on any atom is -0.495 e. The van der Waals surface area contributed by atoms with E-state index in [1.807, 2.05) is 19.1 Å². The number of methoxy groups -OCH3 is 1. The van der Waals surface area contributed by atoms with Crippen LogP contribution in [-0.2, 0) is 9.59 Å². The largest absolute Gasteiger partial charge is 0.495 e. The molecule has 1 atom stereocenters. The molecule has 2 aromatic rings. The van der Waals surface area contributed by atoms with Gasteiger partial charge in [0.15, 0.2) is 5.92 Å². The van der Waals surface area contributed by atoms with Gasteiger partial charge in [-0.2, -0.15) is 0 Å². The quantitative estimate of drug-likeness (QED) is 0.677. The second-order valence-corrected chi connectivity index (χ2v) is 5.73. The number of anilines is 1. The molecular formula is C19H17N3O4. The van der Waals surface area contributed by atoms with Crippen LogP contribution in [0.15, 0.2) is 53.5 Å². The molecule has 3 rings (SSSR count). The topological polar surface area (TPSA) is 88.1 Å². The third-order valence-corrected chi connectivity index (χ3v) is 3.93. The molecule has 0 spiro atoms. The highest BCUT2D eigenvalue weighted by Crippen LogP contribution is 2.30.